The Labute approximate surface area is 84.4 Å². The Bertz CT molecular complexity index is 109. The van der Waals surface area contributed by atoms with E-state index in [1.54, 1.807) is 0 Å². The highest BCUT2D eigenvalue weighted by Gasteiger charge is 2.21. The molecule has 0 aromatic rings. The van der Waals surface area contributed by atoms with Crippen molar-refractivity contribution >= 4 is 0 Å². The molecule has 0 spiro atoms. The summed E-state index contributed by atoms with van der Waals surface area (Å²) < 4.78 is 0. The molecule has 0 saturated heterocycles. The molecule has 0 radical (unpaired) electrons. The molecule has 0 amide bonds. The van der Waals surface area contributed by atoms with E-state index in [1.165, 1.54) is 38.5 Å². The van der Waals surface area contributed by atoms with Gasteiger partial charge < -0.3 is 0 Å². The highest BCUT2D eigenvalue weighted by atomic mass is 14.3. The molecule has 0 N–H and O–H groups in total. The van der Waals surface area contributed by atoms with Crippen LogP contribution in [0.2, 0.25) is 0 Å². The Balaban J connectivity index is 0.000000226. The average Bonchev–Trinajstić information content (AvgIpc) is 2.84. The maximum atomic E-state index is 3.60. The van der Waals surface area contributed by atoms with E-state index in [9.17, 15) is 0 Å². The molecule has 0 nitrogen and oxygen atoms in total. The summed E-state index contributed by atoms with van der Waals surface area (Å²) in [6, 6.07) is 0. The van der Waals surface area contributed by atoms with Gasteiger partial charge in [-0.05, 0) is 24.7 Å². The van der Waals surface area contributed by atoms with Gasteiger partial charge in [0.25, 0.3) is 0 Å². The molecule has 1 aliphatic carbocycles. The normalized spacial score (nSPS) is 15.1. The molecular weight excluding hydrogens is 156 g/mol. The second-order valence-corrected chi connectivity index (χ2v) is 4.50. The first kappa shape index (κ1) is 12.7. The number of allylic oxidation sites excluding steroid dienone is 1. The fourth-order valence-corrected chi connectivity index (χ4v) is 1.37. The largest absolute Gasteiger partial charge is 0.103 e. The fraction of sp³-hybridized carbons (Fsp3) is 0.846. The molecular formula is C13H26. The first-order valence-electron chi connectivity index (χ1n) is 5.81. The molecule has 0 aromatic heterocycles. The van der Waals surface area contributed by atoms with Crippen molar-refractivity contribution in [3.05, 3.63) is 12.7 Å². The van der Waals surface area contributed by atoms with Gasteiger partial charge in [-0.2, -0.15) is 0 Å². The molecule has 1 aliphatic rings. The highest BCUT2D eigenvalue weighted by molar-refractivity contribution is 4.73. The van der Waals surface area contributed by atoms with Crippen LogP contribution in [0.5, 0.6) is 0 Å². The highest BCUT2D eigenvalue weighted by Crippen LogP contribution is 2.34. The van der Waals surface area contributed by atoms with Crippen molar-refractivity contribution in [2.75, 3.05) is 0 Å². The number of unbranched alkanes of at least 4 members (excludes halogenated alkanes) is 2. The summed E-state index contributed by atoms with van der Waals surface area (Å²) in [6.07, 6.45) is 10.2. The minimum Gasteiger partial charge on any atom is -0.103 e. The van der Waals surface area contributed by atoms with Crippen LogP contribution >= 0.6 is 0 Å². The molecule has 0 aromatic carbocycles. The SMILES string of the molecule is C=CCCCC.CC(C)CC1CC1. The van der Waals surface area contributed by atoms with Crippen LogP contribution in [0.25, 0.3) is 0 Å². The summed E-state index contributed by atoms with van der Waals surface area (Å²) >= 11 is 0. The van der Waals surface area contributed by atoms with E-state index in [0.29, 0.717) is 0 Å². The Hall–Kier alpha value is -0.260. The lowest BCUT2D eigenvalue weighted by Gasteiger charge is -1.98. The zero-order valence-corrected chi connectivity index (χ0v) is 9.68. The fourth-order valence-electron chi connectivity index (χ4n) is 1.37. The zero-order chi connectivity index (χ0) is 10.1. The summed E-state index contributed by atoms with van der Waals surface area (Å²) in [7, 11) is 0. The predicted molar refractivity (Wildman–Crippen MR) is 61.9 cm³/mol. The Morgan fingerprint density at radius 1 is 1.38 bits per heavy atom. The summed E-state index contributed by atoms with van der Waals surface area (Å²) in [5.74, 6) is 2.06. The summed E-state index contributed by atoms with van der Waals surface area (Å²) in [5.41, 5.74) is 0. The lowest BCUT2D eigenvalue weighted by Crippen LogP contribution is -1.86. The first-order chi connectivity index (χ1) is 6.20. The van der Waals surface area contributed by atoms with Gasteiger partial charge in [0, 0.05) is 0 Å². The van der Waals surface area contributed by atoms with Crippen LogP contribution in [-0.2, 0) is 0 Å². The van der Waals surface area contributed by atoms with Gasteiger partial charge in [0.1, 0.15) is 0 Å². The maximum absolute atomic E-state index is 3.60. The summed E-state index contributed by atoms with van der Waals surface area (Å²) in [6.45, 7) is 10.4. The van der Waals surface area contributed by atoms with Crippen molar-refractivity contribution in [1.29, 1.82) is 0 Å². The average molecular weight is 182 g/mol. The molecule has 0 bridgehead atoms. The van der Waals surface area contributed by atoms with Gasteiger partial charge in [-0.3, -0.25) is 0 Å². The van der Waals surface area contributed by atoms with Crippen LogP contribution < -0.4 is 0 Å². The number of hydrogen-bond donors (Lipinski definition) is 0. The summed E-state index contributed by atoms with van der Waals surface area (Å²) in [4.78, 5) is 0. The van der Waals surface area contributed by atoms with Crippen LogP contribution in [0.4, 0.5) is 0 Å². The molecule has 0 unspecified atom stereocenters. The van der Waals surface area contributed by atoms with E-state index >= 15 is 0 Å². The minimum absolute atomic E-state index is 0.937. The van der Waals surface area contributed by atoms with Gasteiger partial charge in [-0.1, -0.05) is 52.5 Å². The minimum atomic E-state index is 0.937. The zero-order valence-electron chi connectivity index (χ0n) is 9.68. The lowest BCUT2D eigenvalue weighted by molar-refractivity contribution is 0.541. The standard InChI is InChI=1S/C7H14.C6H12/c1-6(2)5-7-3-4-7;1-3-5-6-4-2/h6-7H,3-5H2,1-2H3;3H,1,4-6H2,2H3. The third-order valence-electron chi connectivity index (χ3n) is 2.26. The van der Waals surface area contributed by atoms with E-state index in [4.69, 9.17) is 0 Å². The van der Waals surface area contributed by atoms with Crippen molar-refractivity contribution < 1.29 is 0 Å². The van der Waals surface area contributed by atoms with E-state index in [2.05, 4.69) is 27.4 Å². The predicted octanol–water partition coefficient (Wildman–Crippen LogP) is 4.81. The number of rotatable bonds is 5. The van der Waals surface area contributed by atoms with Gasteiger partial charge in [-0.25, -0.2) is 0 Å². The molecule has 1 rings (SSSR count). The van der Waals surface area contributed by atoms with Gasteiger partial charge in [-0.15, -0.1) is 6.58 Å². The Kier molecular flexibility index (Phi) is 8.18. The molecule has 1 saturated carbocycles. The molecule has 0 heterocycles. The van der Waals surface area contributed by atoms with Gasteiger partial charge in [0.15, 0.2) is 0 Å². The number of hydrogen-bond acceptors (Lipinski definition) is 0. The van der Waals surface area contributed by atoms with Crippen LogP contribution in [0.1, 0.15) is 59.3 Å². The molecule has 78 valence electrons. The van der Waals surface area contributed by atoms with Gasteiger partial charge in [0.2, 0.25) is 0 Å². The van der Waals surface area contributed by atoms with E-state index < -0.39 is 0 Å². The quantitative estimate of drug-likeness (QED) is 0.423. The van der Waals surface area contributed by atoms with E-state index in [0.717, 1.165) is 11.8 Å². The summed E-state index contributed by atoms with van der Waals surface area (Å²) in [5, 5.41) is 0. The second-order valence-electron chi connectivity index (χ2n) is 4.50. The second kappa shape index (κ2) is 8.34. The van der Waals surface area contributed by atoms with Crippen molar-refractivity contribution in [3.8, 4) is 0 Å². The van der Waals surface area contributed by atoms with Crippen LogP contribution in [0, 0.1) is 11.8 Å². The van der Waals surface area contributed by atoms with E-state index in [-0.39, 0.29) is 0 Å². The van der Waals surface area contributed by atoms with Crippen molar-refractivity contribution in [1.82, 2.24) is 0 Å². The van der Waals surface area contributed by atoms with Crippen LogP contribution in [-0.4, -0.2) is 0 Å². The monoisotopic (exact) mass is 182 g/mol. The van der Waals surface area contributed by atoms with Crippen LogP contribution in [0.15, 0.2) is 12.7 Å². The Morgan fingerprint density at radius 2 is 2.00 bits per heavy atom. The van der Waals surface area contributed by atoms with Gasteiger partial charge in [0.05, 0.1) is 0 Å². The van der Waals surface area contributed by atoms with Gasteiger partial charge >= 0.3 is 0 Å². The topological polar surface area (TPSA) is 0 Å². The molecule has 0 heteroatoms. The molecule has 1 fully saturated rings. The smallest absolute Gasteiger partial charge is 0.0354 e. The molecule has 0 atom stereocenters. The van der Waals surface area contributed by atoms with Crippen molar-refractivity contribution in [3.63, 3.8) is 0 Å². The Morgan fingerprint density at radius 3 is 2.15 bits per heavy atom. The molecule has 0 aliphatic heterocycles. The van der Waals surface area contributed by atoms with Crippen molar-refractivity contribution in [2.24, 2.45) is 11.8 Å². The van der Waals surface area contributed by atoms with Crippen LogP contribution in [0.3, 0.4) is 0 Å². The molecule has 13 heavy (non-hydrogen) atoms. The third kappa shape index (κ3) is 11.7. The lowest BCUT2D eigenvalue weighted by atomic mass is 10.1. The third-order valence-corrected chi connectivity index (χ3v) is 2.26. The maximum Gasteiger partial charge on any atom is -0.0354 e. The first-order valence-corrected chi connectivity index (χ1v) is 5.81. The van der Waals surface area contributed by atoms with E-state index in [1.807, 2.05) is 6.08 Å². The van der Waals surface area contributed by atoms with Crippen molar-refractivity contribution in [2.45, 2.75) is 59.3 Å².